The smallest absolute Gasteiger partial charge is 0.348 e. The van der Waals surface area contributed by atoms with Crippen molar-refractivity contribution in [1.29, 1.82) is 5.26 Å². The van der Waals surface area contributed by atoms with Crippen LogP contribution in [0.25, 0.3) is 11.3 Å². The molecule has 0 spiro atoms. The van der Waals surface area contributed by atoms with Crippen LogP contribution in [0, 0.1) is 21.4 Å². The van der Waals surface area contributed by atoms with Gasteiger partial charge in [0.15, 0.2) is 0 Å². The first kappa shape index (κ1) is 25.9. The summed E-state index contributed by atoms with van der Waals surface area (Å²) in [6, 6.07) is 12.9. The van der Waals surface area contributed by atoms with Crippen LogP contribution in [-0.2, 0) is 4.84 Å². The molecule has 2 amide bonds. The van der Waals surface area contributed by atoms with Crippen LogP contribution in [0.4, 0.5) is 22.2 Å². The fraction of sp³-hybridized carbons (Fsp3) is 0.261. The third kappa shape index (κ3) is 7.42. The average Bonchev–Trinajstić information content (AvgIpc) is 2.89. The van der Waals surface area contributed by atoms with Crippen molar-refractivity contribution in [2.75, 3.05) is 50.6 Å². The molecule has 2 aromatic heterocycles. The summed E-state index contributed by atoms with van der Waals surface area (Å²) >= 11 is 0. The predicted octanol–water partition coefficient (Wildman–Crippen LogP) is 2.44. The predicted molar refractivity (Wildman–Crippen MR) is 132 cm³/mol. The second-order valence-electron chi connectivity index (χ2n) is 7.73. The Labute approximate surface area is 207 Å². The second kappa shape index (κ2) is 12.7. The zero-order valence-electron chi connectivity index (χ0n) is 19.8. The molecule has 0 bridgehead atoms. The number of hydrogen-bond acceptors (Lipinski definition) is 10. The quantitative estimate of drug-likeness (QED) is 0.231. The molecule has 13 heteroatoms. The number of nitro groups is 1. The molecule has 3 rings (SSSR count). The summed E-state index contributed by atoms with van der Waals surface area (Å²) in [5, 5.41) is 22.8. The van der Waals surface area contributed by atoms with Crippen LogP contribution >= 0.6 is 0 Å². The van der Waals surface area contributed by atoms with Gasteiger partial charge >= 0.3 is 6.03 Å². The normalized spacial score (nSPS) is 10.5. The lowest BCUT2D eigenvalue weighted by Crippen LogP contribution is -2.44. The fourth-order valence-electron chi connectivity index (χ4n) is 2.94. The number of amides is 2. The maximum Gasteiger partial charge on any atom is 0.348 e. The number of hydroxylamine groups is 1. The van der Waals surface area contributed by atoms with Crippen LogP contribution in [0.15, 0.2) is 54.9 Å². The van der Waals surface area contributed by atoms with E-state index < -0.39 is 11.0 Å². The van der Waals surface area contributed by atoms with E-state index in [2.05, 4.69) is 31.8 Å². The van der Waals surface area contributed by atoms with Crippen LogP contribution in [0.5, 0.6) is 0 Å². The molecule has 36 heavy (non-hydrogen) atoms. The number of nitrogens with zero attached hydrogens (tertiary/aromatic N) is 7. The van der Waals surface area contributed by atoms with E-state index in [1.165, 1.54) is 23.2 Å². The highest BCUT2D eigenvalue weighted by Crippen LogP contribution is 2.20. The number of aromatic nitrogens is 3. The number of benzene rings is 1. The van der Waals surface area contributed by atoms with Gasteiger partial charge in [-0.05, 0) is 38.4 Å². The molecule has 0 saturated heterocycles. The summed E-state index contributed by atoms with van der Waals surface area (Å²) in [6.45, 7) is 1.28. The molecular formula is C23H25N9O4. The fourth-order valence-corrected chi connectivity index (χ4v) is 2.94. The number of hydrogen-bond donors (Lipinski definition) is 2. The highest BCUT2D eigenvalue weighted by atomic mass is 16.7. The summed E-state index contributed by atoms with van der Waals surface area (Å²) in [7, 11) is 3.77. The zero-order chi connectivity index (χ0) is 25.9. The van der Waals surface area contributed by atoms with Crippen LogP contribution < -0.4 is 15.7 Å². The molecule has 0 atom stereocenters. The average molecular weight is 492 g/mol. The number of urea groups is 1. The first-order chi connectivity index (χ1) is 17.4. The summed E-state index contributed by atoms with van der Waals surface area (Å²) in [5.74, 6) is 0.555. The number of anilines is 2. The largest absolute Gasteiger partial charge is 0.368 e. The number of carbonyl (C=O) groups excluding carboxylic acids is 1. The van der Waals surface area contributed by atoms with Crippen molar-refractivity contribution < 1.29 is 14.6 Å². The summed E-state index contributed by atoms with van der Waals surface area (Å²) < 4.78 is 0. The summed E-state index contributed by atoms with van der Waals surface area (Å²) in [4.78, 5) is 44.5. The number of rotatable bonds is 11. The Bertz CT molecular complexity index is 1210. The van der Waals surface area contributed by atoms with Gasteiger partial charge in [0.1, 0.15) is 12.0 Å². The lowest BCUT2D eigenvalue weighted by atomic mass is 10.1. The Kier molecular flexibility index (Phi) is 9.15. The molecule has 186 valence electrons. The van der Waals surface area contributed by atoms with Gasteiger partial charge in [0, 0.05) is 37.5 Å². The van der Waals surface area contributed by atoms with Crippen LogP contribution in [0.1, 0.15) is 5.56 Å². The van der Waals surface area contributed by atoms with Crippen molar-refractivity contribution >= 4 is 23.5 Å². The van der Waals surface area contributed by atoms with Gasteiger partial charge in [-0.25, -0.2) is 25.2 Å². The Morgan fingerprint density at radius 1 is 1.14 bits per heavy atom. The van der Waals surface area contributed by atoms with Gasteiger partial charge < -0.3 is 10.2 Å². The highest BCUT2D eigenvalue weighted by Gasteiger charge is 2.19. The molecule has 2 heterocycles. The van der Waals surface area contributed by atoms with Gasteiger partial charge in [0.25, 0.3) is 5.69 Å². The zero-order valence-corrected chi connectivity index (χ0v) is 19.8. The van der Waals surface area contributed by atoms with Crippen molar-refractivity contribution in [3.63, 3.8) is 0 Å². The van der Waals surface area contributed by atoms with E-state index >= 15 is 0 Å². The number of nitriles is 1. The third-order valence-corrected chi connectivity index (χ3v) is 4.84. The number of nitrogens with one attached hydrogen (secondary N) is 2. The van der Waals surface area contributed by atoms with E-state index in [0.717, 1.165) is 11.8 Å². The van der Waals surface area contributed by atoms with E-state index in [9.17, 15) is 14.9 Å². The topological polar surface area (TPSA) is 162 Å². The summed E-state index contributed by atoms with van der Waals surface area (Å²) in [6.07, 6.45) is 2.68. The standard InChI is InChI=1S/C23H25N9O4/c1-30(2)13-14-36-29-23(33)31(12-11-25-21-8-7-19(16-27-21)32(34)35)22-26-10-9-20(28-22)18-5-3-17(15-24)4-6-18/h3-10,16H,11-14H2,1-2H3,(H,25,27)(H,29,33). The molecule has 0 aliphatic carbocycles. The van der Waals surface area contributed by atoms with Crippen molar-refractivity contribution in [1.82, 2.24) is 25.3 Å². The van der Waals surface area contributed by atoms with Gasteiger partial charge in [-0.1, -0.05) is 12.1 Å². The minimum Gasteiger partial charge on any atom is -0.368 e. The van der Waals surface area contributed by atoms with Crippen LogP contribution in [0.3, 0.4) is 0 Å². The lowest BCUT2D eigenvalue weighted by Gasteiger charge is -2.22. The van der Waals surface area contributed by atoms with Crippen molar-refractivity contribution in [2.24, 2.45) is 0 Å². The maximum absolute atomic E-state index is 12.9. The van der Waals surface area contributed by atoms with Gasteiger partial charge in [-0.2, -0.15) is 5.26 Å². The number of carbonyl (C=O) groups is 1. The minimum atomic E-state index is -0.566. The van der Waals surface area contributed by atoms with Gasteiger partial charge in [0.05, 0.1) is 28.9 Å². The van der Waals surface area contributed by atoms with Crippen molar-refractivity contribution in [2.45, 2.75) is 0 Å². The molecule has 0 unspecified atom stereocenters. The van der Waals surface area contributed by atoms with E-state index in [-0.39, 0.29) is 31.3 Å². The Morgan fingerprint density at radius 2 is 1.92 bits per heavy atom. The van der Waals surface area contributed by atoms with Crippen molar-refractivity contribution in [3.05, 3.63) is 70.5 Å². The first-order valence-corrected chi connectivity index (χ1v) is 10.9. The third-order valence-electron chi connectivity index (χ3n) is 4.84. The van der Waals surface area contributed by atoms with E-state index in [1.54, 1.807) is 30.3 Å². The molecular weight excluding hydrogens is 466 g/mol. The second-order valence-corrected chi connectivity index (χ2v) is 7.73. The van der Waals surface area contributed by atoms with Gasteiger partial charge in [0.2, 0.25) is 5.95 Å². The molecule has 13 nitrogen and oxygen atoms in total. The molecule has 0 aliphatic heterocycles. The summed E-state index contributed by atoms with van der Waals surface area (Å²) in [5.41, 5.74) is 4.14. The van der Waals surface area contributed by atoms with Crippen LogP contribution in [-0.4, -0.2) is 71.1 Å². The molecule has 0 aliphatic rings. The Morgan fingerprint density at radius 3 is 2.56 bits per heavy atom. The Hall–Kier alpha value is -4.67. The first-order valence-electron chi connectivity index (χ1n) is 10.9. The minimum absolute atomic E-state index is 0.121. The Balaban J connectivity index is 1.74. The van der Waals surface area contributed by atoms with Crippen LogP contribution in [0.2, 0.25) is 0 Å². The molecule has 0 radical (unpaired) electrons. The van der Waals surface area contributed by atoms with E-state index in [0.29, 0.717) is 23.6 Å². The molecule has 3 aromatic rings. The SMILES string of the molecule is CN(C)CCONC(=O)N(CCNc1ccc([N+](=O)[O-])cn1)c1nccc(-c2ccc(C#N)cc2)n1. The molecule has 2 N–H and O–H groups in total. The van der Waals surface area contributed by atoms with E-state index in [1.807, 2.05) is 19.0 Å². The van der Waals surface area contributed by atoms with E-state index in [4.69, 9.17) is 10.1 Å². The van der Waals surface area contributed by atoms with Gasteiger partial charge in [-0.15, -0.1) is 0 Å². The molecule has 1 aromatic carbocycles. The number of likely N-dealkylation sites (N-methyl/N-ethyl adjacent to an activating group) is 1. The molecule has 0 saturated carbocycles. The lowest BCUT2D eigenvalue weighted by molar-refractivity contribution is -0.385. The monoisotopic (exact) mass is 491 g/mol. The molecule has 0 fully saturated rings. The highest BCUT2D eigenvalue weighted by molar-refractivity contribution is 5.89. The maximum atomic E-state index is 12.9. The van der Waals surface area contributed by atoms with Gasteiger partial charge in [-0.3, -0.25) is 19.9 Å². The number of pyridine rings is 1. The van der Waals surface area contributed by atoms with Crippen molar-refractivity contribution in [3.8, 4) is 17.3 Å².